The highest BCUT2D eigenvalue weighted by Gasteiger charge is 2.26. The normalized spacial score (nSPS) is 16.3. The minimum absolute atomic E-state index is 0.0821. The molecular formula is C16H16N4O3. The van der Waals surface area contributed by atoms with Crippen molar-refractivity contribution in [2.45, 2.75) is 18.8 Å². The number of carboxylic acids is 1. The molecule has 4 N–H and O–H groups in total. The lowest BCUT2D eigenvalue weighted by molar-refractivity contribution is -0.136. The van der Waals surface area contributed by atoms with Gasteiger partial charge >= 0.3 is 5.97 Å². The van der Waals surface area contributed by atoms with Gasteiger partial charge in [-0.05, 0) is 24.1 Å². The highest BCUT2D eigenvalue weighted by Crippen LogP contribution is 2.32. The Hall–Kier alpha value is -2.96. The van der Waals surface area contributed by atoms with Gasteiger partial charge in [0, 0.05) is 36.3 Å². The lowest BCUT2D eigenvalue weighted by Gasteiger charge is -2.23. The molecule has 0 spiro atoms. The molecule has 23 heavy (non-hydrogen) atoms. The number of hydrogen-bond acceptors (Lipinski definition) is 5. The molecule has 0 aromatic carbocycles. The van der Waals surface area contributed by atoms with Gasteiger partial charge in [0.15, 0.2) is 0 Å². The van der Waals surface area contributed by atoms with Crippen molar-refractivity contribution < 1.29 is 14.7 Å². The van der Waals surface area contributed by atoms with Crippen molar-refractivity contribution >= 4 is 17.6 Å². The maximum Gasteiger partial charge on any atom is 0.307 e. The molecule has 2 aromatic rings. The van der Waals surface area contributed by atoms with Gasteiger partial charge in [-0.2, -0.15) is 0 Å². The Balaban J connectivity index is 1.96. The largest absolute Gasteiger partial charge is 0.481 e. The van der Waals surface area contributed by atoms with Gasteiger partial charge in [-0.25, -0.2) is 0 Å². The number of nitrogens with two attached hydrogens (primary N) is 1. The number of aliphatic carboxylic acids is 1. The third-order valence-corrected chi connectivity index (χ3v) is 3.82. The van der Waals surface area contributed by atoms with Gasteiger partial charge in [0.25, 0.3) is 0 Å². The lowest BCUT2D eigenvalue weighted by Crippen LogP contribution is -2.28. The third-order valence-electron chi connectivity index (χ3n) is 3.82. The van der Waals surface area contributed by atoms with Crippen LogP contribution in [-0.2, 0) is 16.0 Å². The molecule has 1 amide bonds. The second kappa shape index (κ2) is 6.04. The summed E-state index contributed by atoms with van der Waals surface area (Å²) in [4.78, 5) is 30.8. The summed E-state index contributed by atoms with van der Waals surface area (Å²) < 4.78 is 0. The predicted octanol–water partition coefficient (Wildman–Crippen LogP) is 1.16. The van der Waals surface area contributed by atoms with Gasteiger partial charge in [0.1, 0.15) is 0 Å². The maximum atomic E-state index is 11.5. The van der Waals surface area contributed by atoms with Crippen LogP contribution in [0.5, 0.6) is 0 Å². The first kappa shape index (κ1) is 15.0. The van der Waals surface area contributed by atoms with Crippen LogP contribution in [0, 0.1) is 0 Å². The highest BCUT2D eigenvalue weighted by atomic mass is 16.4. The molecule has 7 heteroatoms. The Labute approximate surface area is 132 Å². The molecule has 2 aromatic heterocycles. The molecule has 0 aliphatic carbocycles. The molecule has 1 atom stereocenters. The van der Waals surface area contributed by atoms with E-state index >= 15 is 0 Å². The minimum atomic E-state index is -0.904. The number of primary amides is 1. The molecule has 0 fully saturated rings. The van der Waals surface area contributed by atoms with Gasteiger partial charge in [-0.15, -0.1) is 0 Å². The molecule has 3 rings (SSSR count). The molecule has 1 aliphatic heterocycles. The molecule has 118 valence electrons. The number of amides is 1. The van der Waals surface area contributed by atoms with E-state index in [4.69, 9.17) is 10.8 Å². The molecule has 1 aliphatic rings. The van der Waals surface area contributed by atoms with Crippen molar-refractivity contribution in [1.29, 1.82) is 0 Å². The first-order valence-corrected chi connectivity index (χ1v) is 7.24. The number of carboxylic acid groups (broad SMARTS) is 1. The average Bonchev–Trinajstić information content (AvgIpc) is 2.53. The second-order valence-corrected chi connectivity index (χ2v) is 5.48. The maximum absolute atomic E-state index is 11.5. The Morgan fingerprint density at radius 1 is 1.26 bits per heavy atom. The van der Waals surface area contributed by atoms with Crippen LogP contribution >= 0.6 is 0 Å². The fraction of sp³-hybridized carbons (Fsp3) is 0.250. The van der Waals surface area contributed by atoms with Crippen LogP contribution in [0.1, 0.15) is 23.6 Å². The molecule has 3 heterocycles. The van der Waals surface area contributed by atoms with Crippen molar-refractivity contribution in [3.05, 3.63) is 42.0 Å². The quantitative estimate of drug-likeness (QED) is 0.779. The molecule has 0 saturated carbocycles. The van der Waals surface area contributed by atoms with E-state index in [-0.39, 0.29) is 18.2 Å². The van der Waals surface area contributed by atoms with Crippen LogP contribution in [0.25, 0.3) is 11.1 Å². The molecule has 7 nitrogen and oxygen atoms in total. The fourth-order valence-corrected chi connectivity index (χ4v) is 2.73. The van der Waals surface area contributed by atoms with Crippen molar-refractivity contribution in [2.24, 2.45) is 5.73 Å². The number of aromatic nitrogens is 2. The molecular weight excluding hydrogens is 296 g/mol. The van der Waals surface area contributed by atoms with Gasteiger partial charge < -0.3 is 16.2 Å². The molecule has 0 radical (unpaired) electrons. The zero-order valence-electron chi connectivity index (χ0n) is 12.3. The molecule has 0 bridgehead atoms. The number of carbonyl (C=O) groups excluding carboxylic acids is 1. The van der Waals surface area contributed by atoms with E-state index in [2.05, 4.69) is 15.3 Å². The van der Waals surface area contributed by atoms with E-state index < -0.39 is 5.97 Å². The van der Waals surface area contributed by atoms with Crippen LogP contribution in [0.15, 0.2) is 30.7 Å². The predicted molar refractivity (Wildman–Crippen MR) is 83.8 cm³/mol. The number of rotatable bonds is 4. The zero-order chi connectivity index (χ0) is 16.4. The number of pyridine rings is 2. The molecule has 0 saturated heterocycles. The van der Waals surface area contributed by atoms with Crippen molar-refractivity contribution in [2.75, 3.05) is 11.9 Å². The number of nitrogens with one attached hydrogen (secondary N) is 1. The number of nitrogens with zero attached hydrogens (tertiary/aromatic N) is 2. The second-order valence-electron chi connectivity index (χ2n) is 5.48. The standard InChI is InChI=1S/C16H16N4O3/c17-16(23)12-1-2-19-13-5-11(8-20-15(12)13)10-3-9(4-14(21)22)6-18-7-10/h3,5-8,12,19H,1-2,4H2,(H2,17,23)(H,21,22). The number of anilines is 1. The van der Waals surface area contributed by atoms with E-state index in [9.17, 15) is 9.59 Å². The van der Waals surface area contributed by atoms with Crippen LogP contribution in [-0.4, -0.2) is 33.5 Å². The van der Waals surface area contributed by atoms with Crippen LogP contribution in [0.2, 0.25) is 0 Å². The summed E-state index contributed by atoms with van der Waals surface area (Å²) in [6.07, 6.45) is 5.39. The summed E-state index contributed by atoms with van der Waals surface area (Å²) in [7, 11) is 0. The van der Waals surface area contributed by atoms with Gasteiger partial charge in [0.2, 0.25) is 5.91 Å². The number of carbonyl (C=O) groups is 2. The monoisotopic (exact) mass is 312 g/mol. The van der Waals surface area contributed by atoms with E-state index in [1.807, 2.05) is 6.07 Å². The highest BCUT2D eigenvalue weighted by molar-refractivity contribution is 5.84. The summed E-state index contributed by atoms with van der Waals surface area (Å²) >= 11 is 0. The van der Waals surface area contributed by atoms with E-state index in [1.54, 1.807) is 18.5 Å². The Morgan fingerprint density at radius 3 is 2.78 bits per heavy atom. The van der Waals surface area contributed by atoms with E-state index in [0.29, 0.717) is 24.2 Å². The molecule has 1 unspecified atom stereocenters. The average molecular weight is 312 g/mol. The van der Waals surface area contributed by atoms with E-state index in [1.165, 1.54) is 6.20 Å². The van der Waals surface area contributed by atoms with Crippen LogP contribution < -0.4 is 11.1 Å². The zero-order valence-corrected chi connectivity index (χ0v) is 12.3. The first-order valence-electron chi connectivity index (χ1n) is 7.24. The Morgan fingerprint density at radius 2 is 2.04 bits per heavy atom. The van der Waals surface area contributed by atoms with Crippen molar-refractivity contribution in [3.63, 3.8) is 0 Å². The summed E-state index contributed by atoms with van der Waals surface area (Å²) in [6, 6.07) is 3.66. The SMILES string of the molecule is NC(=O)C1CCNc2cc(-c3cncc(CC(=O)O)c3)cnc21. The summed E-state index contributed by atoms with van der Waals surface area (Å²) in [5, 5.41) is 12.1. The lowest BCUT2D eigenvalue weighted by atomic mass is 9.94. The Kier molecular flexibility index (Phi) is 3.92. The van der Waals surface area contributed by atoms with Gasteiger partial charge in [-0.3, -0.25) is 19.6 Å². The Bertz CT molecular complexity index is 776. The van der Waals surface area contributed by atoms with E-state index in [0.717, 1.165) is 16.8 Å². The minimum Gasteiger partial charge on any atom is -0.481 e. The van der Waals surface area contributed by atoms with Crippen LogP contribution in [0.3, 0.4) is 0 Å². The first-order chi connectivity index (χ1) is 11.0. The van der Waals surface area contributed by atoms with Crippen molar-refractivity contribution in [1.82, 2.24) is 9.97 Å². The van der Waals surface area contributed by atoms with Crippen molar-refractivity contribution in [3.8, 4) is 11.1 Å². The van der Waals surface area contributed by atoms with Crippen LogP contribution in [0.4, 0.5) is 5.69 Å². The summed E-state index contributed by atoms with van der Waals surface area (Å²) in [5.41, 5.74) is 9.07. The fourth-order valence-electron chi connectivity index (χ4n) is 2.73. The number of hydrogen-bond donors (Lipinski definition) is 3. The van der Waals surface area contributed by atoms with Gasteiger partial charge in [0.05, 0.1) is 23.7 Å². The number of fused-ring (bicyclic) bond motifs is 1. The third kappa shape index (κ3) is 3.13. The summed E-state index contributed by atoms with van der Waals surface area (Å²) in [5.74, 6) is -1.66. The van der Waals surface area contributed by atoms with Gasteiger partial charge in [-0.1, -0.05) is 0 Å². The topological polar surface area (TPSA) is 118 Å². The summed E-state index contributed by atoms with van der Waals surface area (Å²) in [6.45, 7) is 0.656. The smallest absolute Gasteiger partial charge is 0.307 e.